The Morgan fingerprint density at radius 3 is 1.62 bits per heavy atom. The van der Waals surface area contributed by atoms with E-state index in [0.717, 1.165) is 23.9 Å². The van der Waals surface area contributed by atoms with Gasteiger partial charge in [-0.25, -0.2) is 4.98 Å². The Morgan fingerprint density at radius 1 is 0.655 bits per heavy atom. The summed E-state index contributed by atoms with van der Waals surface area (Å²) in [6.07, 6.45) is 7.16. The Kier molecular flexibility index (Phi) is 5.94. The fraction of sp³-hybridized carbons (Fsp3) is 0.321. The number of unbranched alkanes of at least 4 members (excludes halogenated alkanes) is 2. The van der Waals surface area contributed by atoms with E-state index in [0.29, 0.717) is 0 Å². The highest BCUT2D eigenvalue weighted by molar-refractivity contribution is 6.10. The predicted molar refractivity (Wildman–Crippen MR) is 127 cm³/mol. The van der Waals surface area contributed by atoms with Crippen LogP contribution in [0.1, 0.15) is 56.2 Å². The molecule has 0 atom stereocenters. The molecule has 0 aliphatic carbocycles. The maximum atomic E-state index is 4.97. The Bertz CT molecular complexity index is 1060. The fourth-order valence-corrected chi connectivity index (χ4v) is 4.50. The summed E-state index contributed by atoms with van der Waals surface area (Å²) in [5.74, 6) is 0. The molecule has 0 aliphatic rings. The number of para-hydroxylation sites is 2. The summed E-state index contributed by atoms with van der Waals surface area (Å²) >= 11 is 0. The third-order valence-electron chi connectivity index (χ3n) is 5.88. The van der Waals surface area contributed by atoms with Gasteiger partial charge in [0.15, 0.2) is 0 Å². The Hall–Kier alpha value is -2.67. The molecule has 1 heterocycles. The predicted octanol–water partition coefficient (Wildman–Crippen LogP) is 8.05. The first-order chi connectivity index (χ1) is 14.2. The normalized spacial score (nSPS) is 11.4. The lowest BCUT2D eigenvalue weighted by molar-refractivity contribution is 0.781. The third kappa shape index (κ3) is 3.92. The molecule has 0 fully saturated rings. The van der Waals surface area contributed by atoms with Crippen molar-refractivity contribution in [2.24, 2.45) is 0 Å². The van der Waals surface area contributed by atoms with Crippen LogP contribution in [0.2, 0.25) is 0 Å². The molecule has 3 aromatic carbocycles. The molecular weight excluding hydrogens is 350 g/mol. The van der Waals surface area contributed by atoms with E-state index in [1.165, 1.54) is 64.3 Å². The van der Waals surface area contributed by atoms with Gasteiger partial charge in [-0.1, -0.05) is 80.8 Å². The van der Waals surface area contributed by atoms with E-state index in [2.05, 4.69) is 81.4 Å². The zero-order chi connectivity index (χ0) is 20.2. The minimum atomic E-state index is 1.09. The number of benzene rings is 3. The van der Waals surface area contributed by atoms with Gasteiger partial charge < -0.3 is 0 Å². The number of nitrogens with zero attached hydrogens (tertiary/aromatic N) is 1. The molecule has 1 heteroatoms. The summed E-state index contributed by atoms with van der Waals surface area (Å²) < 4.78 is 0. The van der Waals surface area contributed by atoms with E-state index in [-0.39, 0.29) is 0 Å². The summed E-state index contributed by atoms with van der Waals surface area (Å²) in [5, 5.41) is 2.54. The van der Waals surface area contributed by atoms with E-state index >= 15 is 0 Å². The monoisotopic (exact) mass is 381 g/mol. The van der Waals surface area contributed by atoms with Crippen molar-refractivity contribution in [3.63, 3.8) is 0 Å². The molecule has 0 aliphatic heterocycles. The van der Waals surface area contributed by atoms with Gasteiger partial charge in [0.25, 0.3) is 0 Å². The van der Waals surface area contributed by atoms with Crippen LogP contribution in [-0.4, -0.2) is 4.98 Å². The molecule has 0 bridgehead atoms. The smallest absolute Gasteiger partial charge is 0.0715 e. The molecule has 29 heavy (non-hydrogen) atoms. The van der Waals surface area contributed by atoms with E-state index < -0.39 is 0 Å². The van der Waals surface area contributed by atoms with Crippen molar-refractivity contribution < 1.29 is 0 Å². The number of rotatable bonds is 7. The van der Waals surface area contributed by atoms with Crippen LogP contribution in [0, 0.1) is 6.92 Å². The quantitative estimate of drug-likeness (QED) is 0.295. The molecule has 0 saturated heterocycles. The summed E-state index contributed by atoms with van der Waals surface area (Å²) in [4.78, 5) is 4.97. The van der Waals surface area contributed by atoms with E-state index in [1.807, 2.05) is 0 Å². The molecule has 0 amide bonds. The highest BCUT2D eigenvalue weighted by atomic mass is 14.7. The van der Waals surface area contributed by atoms with Crippen molar-refractivity contribution in [1.82, 2.24) is 4.98 Å². The molecule has 148 valence electrons. The Morgan fingerprint density at radius 2 is 1.14 bits per heavy atom. The van der Waals surface area contributed by atoms with Crippen LogP contribution in [0.25, 0.3) is 32.9 Å². The van der Waals surface area contributed by atoms with Gasteiger partial charge in [0.2, 0.25) is 0 Å². The van der Waals surface area contributed by atoms with Gasteiger partial charge in [-0.15, -0.1) is 0 Å². The lowest BCUT2D eigenvalue weighted by atomic mass is 9.85. The van der Waals surface area contributed by atoms with Crippen LogP contribution in [0.4, 0.5) is 0 Å². The Balaban J connectivity index is 2.10. The molecular formula is C28H31N. The topological polar surface area (TPSA) is 12.9 Å². The number of hydrogen-bond donors (Lipinski definition) is 0. The van der Waals surface area contributed by atoms with Crippen molar-refractivity contribution in [3.8, 4) is 11.1 Å². The lowest BCUT2D eigenvalue weighted by Gasteiger charge is -2.20. The molecule has 0 unspecified atom stereocenters. The van der Waals surface area contributed by atoms with Crippen molar-refractivity contribution >= 4 is 21.8 Å². The van der Waals surface area contributed by atoms with Crippen molar-refractivity contribution in [1.29, 1.82) is 0 Å². The van der Waals surface area contributed by atoms with Crippen LogP contribution in [0.3, 0.4) is 0 Å². The van der Waals surface area contributed by atoms with Crippen molar-refractivity contribution in [2.45, 2.75) is 59.3 Å². The Labute approximate surface area is 174 Å². The van der Waals surface area contributed by atoms with Crippen LogP contribution >= 0.6 is 0 Å². The summed E-state index contributed by atoms with van der Waals surface area (Å²) in [6, 6.07) is 22.1. The first kappa shape index (κ1) is 19.6. The van der Waals surface area contributed by atoms with Gasteiger partial charge in [0.1, 0.15) is 0 Å². The van der Waals surface area contributed by atoms with Crippen LogP contribution in [-0.2, 0) is 12.8 Å². The molecule has 4 aromatic rings. The second kappa shape index (κ2) is 8.78. The average molecular weight is 382 g/mol. The van der Waals surface area contributed by atoms with Gasteiger partial charge in [-0.2, -0.15) is 0 Å². The largest absolute Gasteiger partial charge is 0.248 e. The van der Waals surface area contributed by atoms with E-state index in [1.54, 1.807) is 0 Å². The maximum absolute atomic E-state index is 4.97. The van der Waals surface area contributed by atoms with Gasteiger partial charge in [0, 0.05) is 16.3 Å². The van der Waals surface area contributed by atoms with Crippen LogP contribution in [0.15, 0.2) is 60.7 Å². The van der Waals surface area contributed by atoms with Gasteiger partial charge in [-0.3, -0.25) is 0 Å². The van der Waals surface area contributed by atoms with Gasteiger partial charge >= 0.3 is 0 Å². The standard InChI is InChI=1S/C28H31N/c1-4-6-12-21-18-20(3)19-22(13-7-5-2)27(21)28-23-14-8-10-16-25(23)29-26-17-11-9-15-24(26)28/h8-11,14-19H,4-7,12-13H2,1-3H3. The molecule has 0 radical (unpaired) electrons. The third-order valence-corrected chi connectivity index (χ3v) is 5.88. The lowest BCUT2D eigenvalue weighted by Crippen LogP contribution is -2.01. The fourth-order valence-electron chi connectivity index (χ4n) is 4.50. The highest BCUT2D eigenvalue weighted by Gasteiger charge is 2.18. The molecule has 4 rings (SSSR count). The van der Waals surface area contributed by atoms with Crippen molar-refractivity contribution in [3.05, 3.63) is 77.4 Å². The summed E-state index contributed by atoms with van der Waals surface area (Å²) in [6.45, 7) is 6.81. The summed E-state index contributed by atoms with van der Waals surface area (Å²) in [7, 11) is 0. The molecule has 0 saturated carbocycles. The molecule has 0 N–H and O–H groups in total. The first-order valence-corrected chi connectivity index (χ1v) is 11.1. The highest BCUT2D eigenvalue weighted by Crippen LogP contribution is 2.40. The number of aryl methyl sites for hydroxylation is 3. The molecule has 1 aromatic heterocycles. The zero-order valence-electron chi connectivity index (χ0n) is 18.0. The second-order valence-electron chi connectivity index (χ2n) is 8.19. The maximum Gasteiger partial charge on any atom is 0.0715 e. The van der Waals surface area contributed by atoms with Gasteiger partial charge in [-0.05, 0) is 61.4 Å². The molecule has 1 nitrogen and oxygen atoms in total. The van der Waals surface area contributed by atoms with Crippen molar-refractivity contribution in [2.75, 3.05) is 0 Å². The number of fused-ring (bicyclic) bond motifs is 2. The average Bonchev–Trinajstić information content (AvgIpc) is 2.74. The first-order valence-electron chi connectivity index (χ1n) is 11.1. The van der Waals surface area contributed by atoms with E-state index in [4.69, 9.17) is 4.98 Å². The molecule has 0 spiro atoms. The minimum absolute atomic E-state index is 1.09. The van der Waals surface area contributed by atoms with Crippen LogP contribution < -0.4 is 0 Å². The summed E-state index contributed by atoms with van der Waals surface area (Å²) in [5.41, 5.74) is 9.40. The van der Waals surface area contributed by atoms with Crippen LogP contribution in [0.5, 0.6) is 0 Å². The van der Waals surface area contributed by atoms with E-state index in [9.17, 15) is 0 Å². The minimum Gasteiger partial charge on any atom is -0.248 e. The zero-order valence-corrected chi connectivity index (χ0v) is 18.0. The number of pyridine rings is 1. The van der Waals surface area contributed by atoms with Gasteiger partial charge in [0.05, 0.1) is 11.0 Å². The second-order valence-corrected chi connectivity index (χ2v) is 8.19. The SMILES string of the molecule is CCCCc1cc(C)cc(CCCC)c1-c1c2ccccc2nc2ccccc12. The number of aromatic nitrogens is 1. The number of hydrogen-bond acceptors (Lipinski definition) is 1.